The highest BCUT2D eigenvalue weighted by Gasteiger charge is 2.32. The van der Waals surface area contributed by atoms with E-state index < -0.39 is 0 Å². The van der Waals surface area contributed by atoms with Crippen molar-refractivity contribution in [3.8, 4) is 0 Å². The summed E-state index contributed by atoms with van der Waals surface area (Å²) in [4.78, 5) is 3.80. The van der Waals surface area contributed by atoms with Crippen molar-refractivity contribution in [1.82, 2.24) is 4.90 Å². The zero-order valence-electron chi connectivity index (χ0n) is 10.9. The maximum atomic E-state index is 10.2. The number of thiophene rings is 1. The Morgan fingerprint density at radius 1 is 1.16 bits per heavy atom. The van der Waals surface area contributed by atoms with Gasteiger partial charge >= 0.3 is 0 Å². The van der Waals surface area contributed by atoms with Gasteiger partial charge in [-0.1, -0.05) is 36.4 Å². The molecule has 1 aromatic carbocycles. The number of hydrogen-bond acceptors (Lipinski definition) is 3. The Hall–Kier alpha value is -1.16. The Labute approximate surface area is 118 Å². The lowest BCUT2D eigenvalue weighted by molar-refractivity contribution is 0.113. The minimum atomic E-state index is -0.194. The van der Waals surface area contributed by atoms with Gasteiger partial charge in [0, 0.05) is 24.0 Å². The lowest BCUT2D eigenvalue weighted by Crippen LogP contribution is -2.36. The van der Waals surface area contributed by atoms with Crippen molar-refractivity contribution in [2.24, 2.45) is 0 Å². The summed E-state index contributed by atoms with van der Waals surface area (Å²) >= 11 is 1.80. The van der Waals surface area contributed by atoms with Crippen LogP contribution in [0.25, 0.3) is 0 Å². The average molecular weight is 273 g/mol. The fraction of sp³-hybridized carbons (Fsp3) is 0.375. The summed E-state index contributed by atoms with van der Waals surface area (Å²) in [7, 11) is 0. The summed E-state index contributed by atoms with van der Waals surface area (Å²) in [6.45, 7) is 1.96. The van der Waals surface area contributed by atoms with E-state index in [1.807, 2.05) is 6.07 Å². The van der Waals surface area contributed by atoms with E-state index in [0.29, 0.717) is 0 Å². The fourth-order valence-corrected chi connectivity index (χ4v) is 3.55. The zero-order valence-corrected chi connectivity index (χ0v) is 11.7. The van der Waals surface area contributed by atoms with Crippen LogP contribution >= 0.6 is 11.3 Å². The number of rotatable bonds is 4. The van der Waals surface area contributed by atoms with E-state index in [9.17, 15) is 5.11 Å². The number of benzene rings is 1. The molecule has 1 aliphatic heterocycles. The highest BCUT2D eigenvalue weighted by Crippen LogP contribution is 2.25. The van der Waals surface area contributed by atoms with Gasteiger partial charge in [-0.25, -0.2) is 0 Å². The Balaban J connectivity index is 1.70. The van der Waals surface area contributed by atoms with Gasteiger partial charge in [-0.05, 0) is 29.9 Å². The van der Waals surface area contributed by atoms with Gasteiger partial charge in [-0.15, -0.1) is 11.3 Å². The third kappa shape index (κ3) is 3.06. The highest BCUT2D eigenvalue weighted by atomic mass is 32.1. The van der Waals surface area contributed by atoms with E-state index in [2.05, 4.69) is 46.7 Å². The largest absolute Gasteiger partial charge is 0.391 e. The Morgan fingerprint density at radius 2 is 2.00 bits per heavy atom. The molecule has 2 heterocycles. The molecule has 3 rings (SSSR count). The van der Waals surface area contributed by atoms with Crippen LogP contribution < -0.4 is 0 Å². The second-order valence-electron chi connectivity index (χ2n) is 5.16. The van der Waals surface area contributed by atoms with Crippen LogP contribution in [0.5, 0.6) is 0 Å². The molecule has 2 aromatic rings. The smallest absolute Gasteiger partial charge is 0.0710 e. The molecule has 100 valence electrons. The molecule has 3 heteroatoms. The van der Waals surface area contributed by atoms with Crippen LogP contribution in [0, 0.1) is 0 Å². The number of aliphatic hydroxyl groups is 1. The molecule has 1 fully saturated rings. The van der Waals surface area contributed by atoms with Crippen LogP contribution in [0.2, 0.25) is 0 Å². The molecular formula is C16H19NOS. The van der Waals surface area contributed by atoms with Crippen molar-refractivity contribution >= 4 is 11.3 Å². The topological polar surface area (TPSA) is 23.5 Å². The first kappa shape index (κ1) is 12.9. The summed E-state index contributed by atoms with van der Waals surface area (Å²) < 4.78 is 0. The Kier molecular flexibility index (Phi) is 3.97. The van der Waals surface area contributed by atoms with E-state index in [-0.39, 0.29) is 12.1 Å². The number of nitrogens with zero attached hydrogens (tertiary/aromatic N) is 1. The summed E-state index contributed by atoms with van der Waals surface area (Å²) in [6.07, 6.45) is 1.64. The summed E-state index contributed by atoms with van der Waals surface area (Å²) in [5, 5.41) is 12.3. The number of hydrogen-bond donors (Lipinski definition) is 1. The van der Waals surface area contributed by atoms with Gasteiger partial charge in [-0.2, -0.15) is 0 Å². The predicted molar refractivity (Wildman–Crippen MR) is 79.3 cm³/mol. The molecule has 2 nitrogen and oxygen atoms in total. The lowest BCUT2D eigenvalue weighted by atomic mass is 10.0. The third-order valence-electron chi connectivity index (χ3n) is 3.85. The monoisotopic (exact) mass is 273 g/mol. The summed E-state index contributed by atoms with van der Waals surface area (Å²) in [5.41, 5.74) is 1.31. The molecule has 0 saturated carbocycles. The summed E-state index contributed by atoms with van der Waals surface area (Å²) in [5.74, 6) is 0. The Morgan fingerprint density at radius 3 is 2.74 bits per heavy atom. The van der Waals surface area contributed by atoms with Gasteiger partial charge in [0.25, 0.3) is 0 Å². The van der Waals surface area contributed by atoms with Crippen LogP contribution in [0.15, 0.2) is 47.8 Å². The lowest BCUT2D eigenvalue weighted by Gasteiger charge is -2.25. The van der Waals surface area contributed by atoms with Gasteiger partial charge in [0.1, 0.15) is 0 Å². The molecule has 0 bridgehead atoms. The normalized spacial score (nSPS) is 23.8. The van der Waals surface area contributed by atoms with Crippen molar-refractivity contribution in [1.29, 1.82) is 0 Å². The quantitative estimate of drug-likeness (QED) is 0.926. The van der Waals surface area contributed by atoms with Crippen molar-refractivity contribution < 1.29 is 5.11 Å². The molecule has 0 spiro atoms. The second kappa shape index (κ2) is 5.87. The van der Waals surface area contributed by atoms with Gasteiger partial charge in [-0.3, -0.25) is 4.90 Å². The average Bonchev–Trinajstić information content (AvgIpc) is 3.05. The first-order valence-corrected chi connectivity index (χ1v) is 7.69. The standard InChI is InChI=1S/C16H19NOS/c18-16-8-9-17(12-14-7-4-10-19-14)15(16)11-13-5-2-1-3-6-13/h1-7,10,15-16,18H,8-9,11-12H2/t15-,16+/m0/s1. The summed E-state index contributed by atoms with van der Waals surface area (Å²) in [6, 6.07) is 15.0. The van der Waals surface area contributed by atoms with Crippen LogP contribution in [0.4, 0.5) is 0 Å². The van der Waals surface area contributed by atoms with Gasteiger partial charge in [0.15, 0.2) is 0 Å². The van der Waals surface area contributed by atoms with Crippen LogP contribution in [-0.4, -0.2) is 28.7 Å². The van der Waals surface area contributed by atoms with Gasteiger partial charge in [0.05, 0.1) is 6.10 Å². The predicted octanol–water partition coefficient (Wildman–Crippen LogP) is 2.93. The molecule has 1 aromatic heterocycles. The molecule has 19 heavy (non-hydrogen) atoms. The van der Waals surface area contributed by atoms with E-state index in [1.54, 1.807) is 11.3 Å². The molecule has 1 N–H and O–H groups in total. The maximum Gasteiger partial charge on any atom is 0.0710 e. The molecular weight excluding hydrogens is 254 g/mol. The van der Waals surface area contributed by atoms with Crippen LogP contribution in [-0.2, 0) is 13.0 Å². The molecule has 1 aliphatic rings. The molecule has 0 amide bonds. The molecule has 1 saturated heterocycles. The minimum absolute atomic E-state index is 0.194. The zero-order chi connectivity index (χ0) is 13.1. The number of likely N-dealkylation sites (tertiary alicyclic amines) is 1. The third-order valence-corrected chi connectivity index (χ3v) is 4.71. The highest BCUT2D eigenvalue weighted by molar-refractivity contribution is 7.09. The van der Waals surface area contributed by atoms with Crippen molar-refractivity contribution in [3.63, 3.8) is 0 Å². The number of aliphatic hydroxyl groups excluding tert-OH is 1. The fourth-order valence-electron chi connectivity index (χ4n) is 2.82. The second-order valence-corrected chi connectivity index (χ2v) is 6.20. The molecule has 2 atom stereocenters. The van der Waals surface area contributed by atoms with Crippen LogP contribution in [0.3, 0.4) is 0 Å². The molecule has 0 aliphatic carbocycles. The first-order valence-electron chi connectivity index (χ1n) is 6.81. The first-order chi connectivity index (χ1) is 9.33. The van der Waals surface area contributed by atoms with E-state index >= 15 is 0 Å². The van der Waals surface area contributed by atoms with E-state index in [0.717, 1.165) is 25.9 Å². The van der Waals surface area contributed by atoms with Gasteiger partial charge in [0.2, 0.25) is 0 Å². The van der Waals surface area contributed by atoms with E-state index in [1.165, 1.54) is 10.4 Å². The molecule has 0 unspecified atom stereocenters. The maximum absolute atomic E-state index is 10.2. The van der Waals surface area contributed by atoms with E-state index in [4.69, 9.17) is 0 Å². The Bertz CT molecular complexity index is 497. The van der Waals surface area contributed by atoms with Crippen LogP contribution in [0.1, 0.15) is 16.9 Å². The SMILES string of the molecule is O[C@@H]1CCN(Cc2cccs2)[C@H]1Cc1ccccc1. The van der Waals surface area contributed by atoms with Crippen molar-refractivity contribution in [3.05, 3.63) is 58.3 Å². The van der Waals surface area contributed by atoms with Crippen molar-refractivity contribution in [2.75, 3.05) is 6.54 Å². The molecule has 0 radical (unpaired) electrons. The minimum Gasteiger partial charge on any atom is -0.391 e. The van der Waals surface area contributed by atoms with Crippen molar-refractivity contribution in [2.45, 2.75) is 31.5 Å². The van der Waals surface area contributed by atoms with Gasteiger partial charge < -0.3 is 5.11 Å².